The highest BCUT2D eigenvalue weighted by molar-refractivity contribution is 6.30. The van der Waals surface area contributed by atoms with Crippen LogP contribution in [0.25, 0.3) is 0 Å². The minimum Gasteiger partial charge on any atom is -0.389 e. The molecule has 2 atom stereocenters. The lowest BCUT2D eigenvalue weighted by Gasteiger charge is -2.21. The number of benzene rings is 1. The molecule has 1 aromatic rings. The summed E-state index contributed by atoms with van der Waals surface area (Å²) in [6.07, 6.45) is -7.82. The van der Waals surface area contributed by atoms with Crippen molar-refractivity contribution in [3.8, 4) is 0 Å². The van der Waals surface area contributed by atoms with Crippen LogP contribution in [0.3, 0.4) is 0 Å². The molecular weight excluding hydrogens is 259 g/mol. The van der Waals surface area contributed by atoms with Crippen LogP contribution in [0.5, 0.6) is 0 Å². The molecule has 7 heteroatoms. The molecule has 3 nitrogen and oxygen atoms in total. The molecule has 0 aliphatic heterocycles. The first kappa shape index (κ1) is 14.2. The summed E-state index contributed by atoms with van der Waals surface area (Å²) < 4.78 is 38.0. The van der Waals surface area contributed by atoms with E-state index < -0.39 is 29.5 Å². The van der Waals surface area contributed by atoms with Crippen molar-refractivity contribution in [3.63, 3.8) is 0 Å². The second-order valence-electron chi connectivity index (χ2n) is 3.48. The van der Waals surface area contributed by atoms with Crippen LogP contribution in [0, 0.1) is 0 Å². The zero-order chi connectivity index (χ0) is 13.2. The first-order valence-electron chi connectivity index (χ1n) is 4.70. The third-order valence-electron chi connectivity index (χ3n) is 2.25. The third kappa shape index (κ3) is 3.32. The Morgan fingerprint density at radius 3 is 2.35 bits per heavy atom. The van der Waals surface area contributed by atoms with E-state index in [2.05, 4.69) is 0 Å². The summed E-state index contributed by atoms with van der Waals surface area (Å²) in [5, 5.41) is 18.7. The molecular formula is C10H11ClF3NO2. The van der Waals surface area contributed by atoms with Crippen molar-refractivity contribution in [1.29, 1.82) is 0 Å². The molecule has 1 rings (SSSR count). The number of rotatable bonds is 3. The van der Waals surface area contributed by atoms with E-state index in [1.165, 1.54) is 6.07 Å². The van der Waals surface area contributed by atoms with E-state index in [-0.39, 0.29) is 11.6 Å². The van der Waals surface area contributed by atoms with Gasteiger partial charge >= 0.3 is 6.18 Å². The maximum atomic E-state index is 12.7. The number of nitrogens with two attached hydrogens (primary N) is 1. The molecule has 0 bridgehead atoms. The Morgan fingerprint density at radius 2 is 1.88 bits per heavy atom. The lowest BCUT2D eigenvalue weighted by Crippen LogP contribution is -2.28. The minimum absolute atomic E-state index is 0.101. The average Bonchev–Trinajstić information content (AvgIpc) is 2.25. The van der Waals surface area contributed by atoms with Gasteiger partial charge in [0.15, 0.2) is 0 Å². The van der Waals surface area contributed by atoms with Gasteiger partial charge in [-0.25, -0.2) is 0 Å². The topological polar surface area (TPSA) is 66.5 Å². The van der Waals surface area contributed by atoms with E-state index in [0.29, 0.717) is 6.07 Å². The maximum Gasteiger partial charge on any atom is 0.416 e. The van der Waals surface area contributed by atoms with Crippen molar-refractivity contribution in [1.82, 2.24) is 0 Å². The summed E-state index contributed by atoms with van der Waals surface area (Å²) in [4.78, 5) is 0. The van der Waals surface area contributed by atoms with Crippen LogP contribution in [0.2, 0.25) is 5.02 Å². The van der Waals surface area contributed by atoms with Crippen molar-refractivity contribution in [3.05, 3.63) is 34.3 Å². The monoisotopic (exact) mass is 269 g/mol. The first-order chi connectivity index (χ1) is 7.77. The lowest BCUT2D eigenvalue weighted by atomic mass is 9.98. The zero-order valence-electron chi connectivity index (χ0n) is 8.58. The third-order valence-corrected chi connectivity index (χ3v) is 2.48. The predicted octanol–water partition coefficient (Wildman–Crippen LogP) is 1.71. The molecule has 0 spiro atoms. The van der Waals surface area contributed by atoms with Gasteiger partial charge in [-0.3, -0.25) is 0 Å². The van der Waals surface area contributed by atoms with Crippen LogP contribution in [-0.4, -0.2) is 22.9 Å². The van der Waals surface area contributed by atoms with Gasteiger partial charge in [0.2, 0.25) is 0 Å². The molecule has 1 aromatic carbocycles. The van der Waals surface area contributed by atoms with Gasteiger partial charge in [0.05, 0.1) is 11.7 Å². The molecule has 0 saturated carbocycles. The molecule has 4 N–H and O–H groups in total. The predicted molar refractivity (Wildman–Crippen MR) is 56.5 cm³/mol. The van der Waals surface area contributed by atoms with Crippen LogP contribution < -0.4 is 5.73 Å². The average molecular weight is 270 g/mol. The van der Waals surface area contributed by atoms with Gasteiger partial charge in [-0.05, 0) is 17.7 Å². The Bertz CT molecular complexity index is 398. The number of aliphatic hydroxyl groups is 2. The maximum absolute atomic E-state index is 12.7. The summed E-state index contributed by atoms with van der Waals surface area (Å²) in [7, 11) is 0. The fourth-order valence-corrected chi connectivity index (χ4v) is 1.54. The van der Waals surface area contributed by atoms with E-state index in [1.807, 2.05) is 0 Å². The smallest absolute Gasteiger partial charge is 0.389 e. The molecule has 0 fully saturated rings. The van der Waals surface area contributed by atoms with Gasteiger partial charge in [-0.15, -0.1) is 0 Å². The summed E-state index contributed by atoms with van der Waals surface area (Å²) in [5.41, 5.74) is 3.56. The van der Waals surface area contributed by atoms with Crippen molar-refractivity contribution in [2.45, 2.75) is 18.4 Å². The SMILES string of the molecule is NCC(O)C(O)c1ccc(Cl)cc1C(F)(F)F. The van der Waals surface area contributed by atoms with E-state index in [9.17, 15) is 23.4 Å². The normalized spacial score (nSPS) is 15.7. The van der Waals surface area contributed by atoms with E-state index in [1.54, 1.807) is 0 Å². The molecule has 96 valence electrons. The number of hydrogen-bond donors (Lipinski definition) is 3. The van der Waals surface area contributed by atoms with E-state index >= 15 is 0 Å². The minimum atomic E-state index is -4.66. The van der Waals surface area contributed by atoms with Gasteiger partial charge in [-0.2, -0.15) is 13.2 Å². The summed E-state index contributed by atoms with van der Waals surface area (Å²) >= 11 is 5.47. The molecule has 0 amide bonds. The highest BCUT2D eigenvalue weighted by Crippen LogP contribution is 2.36. The van der Waals surface area contributed by atoms with Crippen LogP contribution in [0.1, 0.15) is 17.2 Å². The zero-order valence-corrected chi connectivity index (χ0v) is 9.33. The molecule has 0 heterocycles. The Balaban J connectivity index is 3.24. The second kappa shape index (κ2) is 5.22. The molecule has 0 aromatic heterocycles. The van der Waals surface area contributed by atoms with Crippen molar-refractivity contribution in [2.75, 3.05) is 6.54 Å². The number of alkyl halides is 3. The summed E-state index contributed by atoms with van der Waals surface area (Å²) in [6, 6.07) is 2.93. The molecule has 0 aliphatic carbocycles. The standard InChI is InChI=1S/C10H11ClF3NO2/c11-5-1-2-6(9(17)8(16)4-15)7(3-5)10(12,13)14/h1-3,8-9,16-17H,4,15H2. The number of aliphatic hydroxyl groups excluding tert-OH is 2. The number of halogens is 4. The van der Waals surface area contributed by atoms with Crippen LogP contribution in [0.4, 0.5) is 13.2 Å². The Kier molecular flexibility index (Phi) is 4.37. The number of hydrogen-bond acceptors (Lipinski definition) is 3. The molecule has 2 unspecified atom stereocenters. The van der Waals surface area contributed by atoms with Crippen molar-refractivity contribution in [2.24, 2.45) is 5.73 Å². The highest BCUT2D eigenvalue weighted by Gasteiger charge is 2.36. The lowest BCUT2D eigenvalue weighted by molar-refractivity contribution is -0.139. The molecule has 17 heavy (non-hydrogen) atoms. The fraction of sp³-hybridized carbons (Fsp3) is 0.400. The summed E-state index contributed by atoms with van der Waals surface area (Å²) in [5.74, 6) is 0. The quantitative estimate of drug-likeness (QED) is 0.783. The summed E-state index contributed by atoms with van der Waals surface area (Å²) in [6.45, 7) is -0.346. The largest absolute Gasteiger partial charge is 0.416 e. The molecule has 0 radical (unpaired) electrons. The van der Waals surface area contributed by atoms with Gasteiger partial charge in [0.1, 0.15) is 6.10 Å². The van der Waals surface area contributed by atoms with Crippen LogP contribution >= 0.6 is 11.6 Å². The Morgan fingerprint density at radius 1 is 1.29 bits per heavy atom. The van der Waals surface area contributed by atoms with Gasteiger partial charge in [-0.1, -0.05) is 17.7 Å². The van der Waals surface area contributed by atoms with Crippen LogP contribution in [-0.2, 0) is 6.18 Å². The molecule has 0 aliphatic rings. The Hall–Kier alpha value is -0.820. The van der Waals surface area contributed by atoms with E-state index in [0.717, 1.165) is 6.07 Å². The second-order valence-corrected chi connectivity index (χ2v) is 3.91. The Labute approximate surface area is 101 Å². The molecule has 0 saturated heterocycles. The van der Waals surface area contributed by atoms with Crippen molar-refractivity contribution >= 4 is 11.6 Å². The van der Waals surface area contributed by atoms with Crippen molar-refractivity contribution < 1.29 is 23.4 Å². The van der Waals surface area contributed by atoms with Gasteiger partial charge < -0.3 is 15.9 Å². The first-order valence-corrected chi connectivity index (χ1v) is 5.08. The van der Waals surface area contributed by atoms with E-state index in [4.69, 9.17) is 17.3 Å². The fourth-order valence-electron chi connectivity index (χ4n) is 1.37. The van der Waals surface area contributed by atoms with Crippen LogP contribution in [0.15, 0.2) is 18.2 Å². The van der Waals surface area contributed by atoms with Gasteiger partial charge in [0.25, 0.3) is 0 Å². The van der Waals surface area contributed by atoms with Gasteiger partial charge in [0, 0.05) is 11.6 Å². The highest BCUT2D eigenvalue weighted by atomic mass is 35.5.